The maximum Gasteiger partial charge on any atom is 0.446 e. The molecule has 0 fully saturated rings. The van der Waals surface area contributed by atoms with Gasteiger partial charge in [-0.1, -0.05) is 12.1 Å². The Morgan fingerprint density at radius 2 is 1.83 bits per heavy atom. The average molecular weight is 278 g/mol. The summed E-state index contributed by atoms with van der Waals surface area (Å²) in [5, 5.41) is 0. The third kappa shape index (κ3) is 5.95. The predicted octanol–water partition coefficient (Wildman–Crippen LogP) is 3.79. The molecule has 2 nitrogen and oxygen atoms in total. The van der Waals surface area contributed by atoms with Crippen LogP contribution in [0.25, 0.3) is 0 Å². The molecule has 1 aromatic carbocycles. The SMILES string of the molecule is CC(C)OC(=O)Cc1ccc(SC(F)(F)F)cc1. The molecule has 0 spiro atoms. The van der Waals surface area contributed by atoms with Gasteiger partial charge in [0.15, 0.2) is 0 Å². The van der Waals surface area contributed by atoms with Crippen molar-refractivity contribution in [2.75, 3.05) is 0 Å². The Kier molecular flexibility index (Phi) is 5.07. The van der Waals surface area contributed by atoms with Crippen LogP contribution in [0.4, 0.5) is 13.2 Å². The first-order chi connectivity index (χ1) is 8.26. The van der Waals surface area contributed by atoms with Crippen LogP contribution in [0.1, 0.15) is 19.4 Å². The fraction of sp³-hybridized carbons (Fsp3) is 0.417. The van der Waals surface area contributed by atoms with Crippen molar-refractivity contribution in [3.63, 3.8) is 0 Å². The standard InChI is InChI=1S/C12H13F3O2S/c1-8(2)17-11(16)7-9-3-5-10(6-4-9)18-12(13,14)15/h3-6,8H,7H2,1-2H3. The fourth-order valence-electron chi connectivity index (χ4n) is 1.28. The highest BCUT2D eigenvalue weighted by Crippen LogP contribution is 2.36. The summed E-state index contributed by atoms with van der Waals surface area (Å²) in [7, 11) is 0. The molecule has 0 saturated heterocycles. The van der Waals surface area contributed by atoms with E-state index in [1.54, 1.807) is 13.8 Å². The van der Waals surface area contributed by atoms with Crippen LogP contribution in [0.3, 0.4) is 0 Å². The molecule has 0 aromatic heterocycles. The number of carbonyl (C=O) groups excluding carboxylic acids is 1. The molecule has 1 rings (SSSR count). The van der Waals surface area contributed by atoms with Gasteiger partial charge < -0.3 is 4.74 Å². The Bertz CT molecular complexity index is 399. The normalized spacial score (nSPS) is 11.7. The van der Waals surface area contributed by atoms with Crippen molar-refractivity contribution >= 4 is 17.7 Å². The highest BCUT2D eigenvalue weighted by molar-refractivity contribution is 8.00. The lowest BCUT2D eigenvalue weighted by molar-refractivity contribution is -0.146. The van der Waals surface area contributed by atoms with E-state index >= 15 is 0 Å². The zero-order valence-electron chi connectivity index (χ0n) is 9.95. The van der Waals surface area contributed by atoms with Gasteiger partial charge in [0.2, 0.25) is 0 Å². The fourth-order valence-corrected chi connectivity index (χ4v) is 1.82. The van der Waals surface area contributed by atoms with Crippen molar-refractivity contribution in [2.24, 2.45) is 0 Å². The van der Waals surface area contributed by atoms with Crippen LogP contribution in [0.15, 0.2) is 29.2 Å². The number of thioether (sulfide) groups is 1. The summed E-state index contributed by atoms with van der Waals surface area (Å²) < 4.78 is 41.2. The van der Waals surface area contributed by atoms with Gasteiger partial charge in [0.1, 0.15) is 0 Å². The number of hydrogen-bond acceptors (Lipinski definition) is 3. The average Bonchev–Trinajstić information content (AvgIpc) is 2.17. The second-order valence-electron chi connectivity index (χ2n) is 3.91. The number of halogens is 3. The summed E-state index contributed by atoms with van der Waals surface area (Å²) in [6, 6.07) is 5.68. The minimum Gasteiger partial charge on any atom is -0.463 e. The van der Waals surface area contributed by atoms with Crippen LogP contribution in [0.5, 0.6) is 0 Å². The Balaban J connectivity index is 2.58. The Morgan fingerprint density at radius 3 is 2.28 bits per heavy atom. The molecular formula is C12H13F3O2S. The van der Waals surface area contributed by atoms with E-state index in [0.29, 0.717) is 5.56 Å². The van der Waals surface area contributed by atoms with Gasteiger partial charge in [-0.3, -0.25) is 4.79 Å². The van der Waals surface area contributed by atoms with Crippen molar-refractivity contribution < 1.29 is 22.7 Å². The van der Waals surface area contributed by atoms with Gasteiger partial charge in [-0.2, -0.15) is 13.2 Å². The van der Waals surface area contributed by atoms with Gasteiger partial charge in [0, 0.05) is 4.90 Å². The highest BCUT2D eigenvalue weighted by atomic mass is 32.2. The lowest BCUT2D eigenvalue weighted by atomic mass is 10.1. The highest BCUT2D eigenvalue weighted by Gasteiger charge is 2.29. The van der Waals surface area contributed by atoms with E-state index in [1.165, 1.54) is 24.3 Å². The molecule has 0 heterocycles. The van der Waals surface area contributed by atoms with Gasteiger partial charge in [0.25, 0.3) is 0 Å². The van der Waals surface area contributed by atoms with Gasteiger partial charge in [-0.05, 0) is 43.3 Å². The quantitative estimate of drug-likeness (QED) is 0.619. The van der Waals surface area contributed by atoms with Crippen LogP contribution >= 0.6 is 11.8 Å². The molecule has 6 heteroatoms. The van der Waals surface area contributed by atoms with Crippen LogP contribution in [0.2, 0.25) is 0 Å². The first-order valence-corrected chi connectivity index (χ1v) is 6.12. The minimum absolute atomic E-state index is 0.0646. The van der Waals surface area contributed by atoms with Crippen molar-refractivity contribution in [3.05, 3.63) is 29.8 Å². The van der Waals surface area contributed by atoms with Gasteiger partial charge in [-0.25, -0.2) is 0 Å². The first-order valence-electron chi connectivity index (χ1n) is 5.30. The van der Waals surface area contributed by atoms with Crippen LogP contribution in [-0.2, 0) is 16.0 Å². The number of rotatable bonds is 4. The summed E-state index contributed by atoms with van der Waals surface area (Å²) in [6.45, 7) is 3.47. The largest absolute Gasteiger partial charge is 0.463 e. The zero-order valence-corrected chi connectivity index (χ0v) is 10.8. The van der Waals surface area contributed by atoms with E-state index in [0.717, 1.165) is 0 Å². The predicted molar refractivity (Wildman–Crippen MR) is 63.3 cm³/mol. The molecule has 0 bridgehead atoms. The number of hydrogen-bond donors (Lipinski definition) is 0. The maximum absolute atomic E-state index is 12.1. The molecule has 18 heavy (non-hydrogen) atoms. The second kappa shape index (κ2) is 6.13. The van der Waals surface area contributed by atoms with Gasteiger partial charge in [0.05, 0.1) is 12.5 Å². The number of ether oxygens (including phenoxy) is 1. The molecule has 0 aliphatic heterocycles. The van der Waals surface area contributed by atoms with Crippen molar-refractivity contribution in [3.8, 4) is 0 Å². The van der Waals surface area contributed by atoms with E-state index in [1.807, 2.05) is 0 Å². The van der Waals surface area contributed by atoms with Crippen LogP contribution < -0.4 is 0 Å². The van der Waals surface area contributed by atoms with E-state index in [2.05, 4.69) is 0 Å². The molecule has 100 valence electrons. The molecule has 0 radical (unpaired) electrons. The summed E-state index contributed by atoms with van der Waals surface area (Å²) in [5.41, 5.74) is -3.66. The second-order valence-corrected chi connectivity index (χ2v) is 5.05. The minimum atomic E-state index is -4.29. The molecule has 0 saturated carbocycles. The summed E-state index contributed by atoms with van der Waals surface area (Å²) in [6.07, 6.45) is -0.132. The van der Waals surface area contributed by atoms with Crippen LogP contribution in [-0.4, -0.2) is 17.6 Å². The number of esters is 1. The van der Waals surface area contributed by atoms with E-state index in [9.17, 15) is 18.0 Å². The monoisotopic (exact) mass is 278 g/mol. The third-order valence-corrected chi connectivity index (χ3v) is 2.61. The molecule has 0 atom stereocenters. The van der Waals surface area contributed by atoms with Crippen molar-refractivity contribution in [2.45, 2.75) is 36.8 Å². The summed E-state index contributed by atoms with van der Waals surface area (Å²) in [4.78, 5) is 11.4. The van der Waals surface area contributed by atoms with Crippen LogP contribution in [0, 0.1) is 0 Å². The molecule has 0 aliphatic carbocycles. The number of benzene rings is 1. The number of carbonyl (C=O) groups is 1. The molecular weight excluding hydrogens is 265 g/mol. The van der Waals surface area contributed by atoms with Crippen molar-refractivity contribution in [1.82, 2.24) is 0 Å². The molecule has 0 amide bonds. The van der Waals surface area contributed by atoms with Gasteiger partial charge >= 0.3 is 11.5 Å². The van der Waals surface area contributed by atoms with Gasteiger partial charge in [-0.15, -0.1) is 0 Å². The first kappa shape index (κ1) is 14.9. The van der Waals surface area contributed by atoms with E-state index in [-0.39, 0.29) is 35.2 Å². The Labute approximate surface area is 108 Å². The number of alkyl halides is 3. The van der Waals surface area contributed by atoms with E-state index in [4.69, 9.17) is 4.74 Å². The maximum atomic E-state index is 12.1. The Morgan fingerprint density at radius 1 is 1.28 bits per heavy atom. The molecule has 0 unspecified atom stereocenters. The van der Waals surface area contributed by atoms with E-state index < -0.39 is 5.51 Å². The summed E-state index contributed by atoms with van der Waals surface area (Å²) >= 11 is -0.177. The molecule has 0 aliphatic rings. The lowest BCUT2D eigenvalue weighted by Gasteiger charge is -2.08. The Hall–Kier alpha value is -1.17. The summed E-state index contributed by atoms with van der Waals surface area (Å²) in [5.74, 6) is -0.388. The smallest absolute Gasteiger partial charge is 0.446 e. The topological polar surface area (TPSA) is 26.3 Å². The molecule has 1 aromatic rings. The lowest BCUT2D eigenvalue weighted by Crippen LogP contribution is -2.13. The molecule has 0 N–H and O–H groups in total. The third-order valence-electron chi connectivity index (χ3n) is 1.87. The zero-order chi connectivity index (χ0) is 13.8. The van der Waals surface area contributed by atoms with Crippen molar-refractivity contribution in [1.29, 1.82) is 0 Å².